The molecule has 0 unspecified atom stereocenters. The molecular weight excluding hydrogens is 268 g/mol. The molecule has 1 aromatic carbocycles. The molecule has 1 saturated heterocycles. The molecule has 6 nitrogen and oxygen atoms in total. The average molecular weight is 290 g/mol. The van der Waals surface area contributed by atoms with E-state index in [1.54, 1.807) is 0 Å². The van der Waals surface area contributed by atoms with Gasteiger partial charge in [0.15, 0.2) is 17.5 Å². The van der Waals surface area contributed by atoms with Crippen molar-refractivity contribution in [3.8, 4) is 11.5 Å². The average Bonchev–Trinajstić information content (AvgIpc) is 2.98. The number of nitrogens with one attached hydrogen (secondary N) is 1. The Labute approximate surface area is 125 Å². The lowest BCUT2D eigenvalue weighted by Crippen LogP contribution is -2.51. The van der Waals surface area contributed by atoms with Crippen LogP contribution in [0.25, 0.3) is 0 Å². The van der Waals surface area contributed by atoms with E-state index in [2.05, 4.69) is 32.2 Å². The first-order valence-corrected chi connectivity index (χ1v) is 7.30. The lowest BCUT2D eigenvalue weighted by Gasteiger charge is -2.36. The molecule has 21 heavy (non-hydrogen) atoms. The zero-order valence-electron chi connectivity index (χ0n) is 12.6. The van der Waals surface area contributed by atoms with E-state index in [9.17, 15) is 0 Å². The number of piperazine rings is 1. The lowest BCUT2D eigenvalue weighted by atomic mass is 10.1. The monoisotopic (exact) mass is 290 g/mol. The molecule has 6 heteroatoms. The van der Waals surface area contributed by atoms with Crippen LogP contribution in [0, 0.1) is 0 Å². The number of benzene rings is 1. The fourth-order valence-corrected chi connectivity index (χ4v) is 2.83. The van der Waals surface area contributed by atoms with Crippen LogP contribution in [0.2, 0.25) is 0 Å². The van der Waals surface area contributed by atoms with Crippen molar-refractivity contribution in [2.24, 2.45) is 4.99 Å². The van der Waals surface area contributed by atoms with Gasteiger partial charge in [-0.05, 0) is 17.7 Å². The van der Waals surface area contributed by atoms with Crippen LogP contribution in [0.15, 0.2) is 23.2 Å². The first-order chi connectivity index (χ1) is 10.3. The number of hydrogen-bond donors (Lipinski definition) is 1. The van der Waals surface area contributed by atoms with Gasteiger partial charge >= 0.3 is 0 Å². The molecule has 0 radical (unpaired) electrons. The highest BCUT2D eigenvalue weighted by atomic mass is 16.7. The van der Waals surface area contributed by atoms with Gasteiger partial charge in [-0.3, -0.25) is 9.89 Å². The van der Waals surface area contributed by atoms with Crippen molar-refractivity contribution in [3.05, 3.63) is 23.8 Å². The number of ether oxygens (including phenoxy) is 2. The van der Waals surface area contributed by atoms with E-state index in [1.807, 2.05) is 20.2 Å². The Morgan fingerprint density at radius 1 is 1.19 bits per heavy atom. The van der Waals surface area contributed by atoms with E-state index >= 15 is 0 Å². The molecule has 2 aliphatic heterocycles. The minimum absolute atomic E-state index is 0.334. The summed E-state index contributed by atoms with van der Waals surface area (Å²) in [6.45, 7) is 5.35. The van der Waals surface area contributed by atoms with E-state index in [0.29, 0.717) is 6.79 Å². The van der Waals surface area contributed by atoms with Crippen LogP contribution in [0.3, 0.4) is 0 Å². The Bertz CT molecular complexity index is 524. The Hall–Kier alpha value is -1.95. The van der Waals surface area contributed by atoms with Gasteiger partial charge in [0.1, 0.15) is 0 Å². The van der Waals surface area contributed by atoms with Crippen molar-refractivity contribution in [1.82, 2.24) is 15.1 Å². The minimum atomic E-state index is 0.334. The van der Waals surface area contributed by atoms with E-state index in [0.717, 1.165) is 50.2 Å². The van der Waals surface area contributed by atoms with Gasteiger partial charge in [0.2, 0.25) is 6.79 Å². The zero-order chi connectivity index (χ0) is 14.7. The molecule has 3 rings (SSSR count). The fourth-order valence-electron chi connectivity index (χ4n) is 2.83. The number of guanidine groups is 1. The molecule has 1 fully saturated rings. The van der Waals surface area contributed by atoms with Crippen molar-refractivity contribution < 1.29 is 9.47 Å². The third-order valence-electron chi connectivity index (χ3n) is 3.95. The van der Waals surface area contributed by atoms with Crippen LogP contribution < -0.4 is 14.8 Å². The number of fused-ring (bicyclic) bond motifs is 1. The molecule has 2 heterocycles. The molecule has 1 aromatic rings. The molecule has 0 aromatic heterocycles. The normalized spacial score (nSPS) is 19.0. The van der Waals surface area contributed by atoms with Gasteiger partial charge in [0, 0.05) is 46.8 Å². The highest BCUT2D eigenvalue weighted by Crippen LogP contribution is 2.32. The predicted octanol–water partition coefficient (Wildman–Crippen LogP) is 0.738. The number of hydrogen-bond acceptors (Lipinski definition) is 4. The minimum Gasteiger partial charge on any atom is -0.454 e. The summed E-state index contributed by atoms with van der Waals surface area (Å²) >= 11 is 0. The fraction of sp³-hybridized carbons (Fsp3) is 0.533. The van der Waals surface area contributed by atoms with Gasteiger partial charge in [-0.1, -0.05) is 6.07 Å². The molecular formula is C15H22N4O2. The maximum atomic E-state index is 5.43. The third-order valence-corrected chi connectivity index (χ3v) is 3.95. The van der Waals surface area contributed by atoms with Gasteiger partial charge < -0.3 is 19.7 Å². The molecule has 0 atom stereocenters. The smallest absolute Gasteiger partial charge is 0.231 e. The highest BCUT2D eigenvalue weighted by Gasteiger charge is 2.20. The summed E-state index contributed by atoms with van der Waals surface area (Å²) in [4.78, 5) is 9.00. The van der Waals surface area contributed by atoms with E-state index < -0.39 is 0 Å². The van der Waals surface area contributed by atoms with Crippen molar-refractivity contribution in [3.63, 3.8) is 0 Å². The van der Waals surface area contributed by atoms with Gasteiger partial charge in [-0.25, -0.2) is 0 Å². The second-order valence-electron chi connectivity index (χ2n) is 5.25. The molecule has 114 valence electrons. The molecule has 0 spiro atoms. The summed E-state index contributed by atoms with van der Waals surface area (Å²) in [5.41, 5.74) is 1.27. The van der Waals surface area contributed by atoms with Crippen molar-refractivity contribution in [2.75, 3.05) is 47.1 Å². The van der Waals surface area contributed by atoms with E-state index in [4.69, 9.17) is 9.47 Å². The summed E-state index contributed by atoms with van der Waals surface area (Å²) in [6.07, 6.45) is 0. The van der Waals surface area contributed by atoms with Gasteiger partial charge in [-0.2, -0.15) is 0 Å². The van der Waals surface area contributed by atoms with Crippen LogP contribution in [-0.4, -0.2) is 62.8 Å². The summed E-state index contributed by atoms with van der Waals surface area (Å²) < 4.78 is 10.8. The van der Waals surface area contributed by atoms with Crippen LogP contribution >= 0.6 is 0 Å². The van der Waals surface area contributed by atoms with Crippen molar-refractivity contribution in [2.45, 2.75) is 6.54 Å². The maximum Gasteiger partial charge on any atom is 0.231 e. The van der Waals surface area contributed by atoms with Crippen molar-refractivity contribution in [1.29, 1.82) is 0 Å². The topological polar surface area (TPSA) is 49.3 Å². The maximum absolute atomic E-state index is 5.43. The van der Waals surface area contributed by atoms with Crippen molar-refractivity contribution >= 4 is 5.96 Å². The molecule has 2 aliphatic rings. The summed E-state index contributed by atoms with van der Waals surface area (Å²) in [5, 5.41) is 3.14. The number of nitrogens with zero attached hydrogens (tertiary/aromatic N) is 3. The highest BCUT2D eigenvalue weighted by molar-refractivity contribution is 5.79. The summed E-state index contributed by atoms with van der Waals surface area (Å²) in [7, 11) is 3.74. The number of rotatable bonds is 2. The lowest BCUT2D eigenvalue weighted by molar-refractivity contribution is 0.171. The second kappa shape index (κ2) is 6.22. The molecule has 0 amide bonds. The first-order valence-electron chi connectivity index (χ1n) is 7.30. The Kier molecular flexibility index (Phi) is 4.15. The van der Waals surface area contributed by atoms with Crippen LogP contribution in [0.5, 0.6) is 11.5 Å². The van der Waals surface area contributed by atoms with Gasteiger partial charge in [-0.15, -0.1) is 0 Å². The first kappa shape index (κ1) is 14.0. The van der Waals surface area contributed by atoms with Gasteiger partial charge in [0.05, 0.1) is 0 Å². The van der Waals surface area contributed by atoms with E-state index in [-0.39, 0.29) is 0 Å². The third kappa shape index (κ3) is 3.05. The molecule has 0 saturated carbocycles. The van der Waals surface area contributed by atoms with Crippen LogP contribution in [0.1, 0.15) is 5.56 Å². The van der Waals surface area contributed by atoms with E-state index in [1.165, 1.54) is 5.56 Å². The standard InChI is InChI=1S/C15H22N4O2/c1-16-15(17-2)19-7-5-18(6-8-19)10-12-3-4-13-14(9-12)21-11-20-13/h3-4,9H,5-8,10-11H2,1-2H3,(H,16,17). The molecule has 0 aliphatic carbocycles. The second-order valence-corrected chi connectivity index (χ2v) is 5.25. The molecule has 0 bridgehead atoms. The Morgan fingerprint density at radius 2 is 1.95 bits per heavy atom. The van der Waals surface area contributed by atoms with Crippen LogP contribution in [-0.2, 0) is 6.54 Å². The summed E-state index contributed by atoms with van der Waals surface area (Å²) in [6, 6.07) is 6.20. The molecule has 1 N–H and O–H groups in total. The quantitative estimate of drug-likeness (QED) is 0.643. The zero-order valence-corrected chi connectivity index (χ0v) is 12.6. The van der Waals surface area contributed by atoms with Crippen LogP contribution in [0.4, 0.5) is 0 Å². The SMILES string of the molecule is CN=C(NC)N1CCN(Cc2ccc3c(c2)OCO3)CC1. The van der Waals surface area contributed by atoms with Gasteiger partial charge in [0.25, 0.3) is 0 Å². The number of aliphatic imine (C=N–C) groups is 1. The Balaban J connectivity index is 1.56. The Morgan fingerprint density at radius 3 is 2.67 bits per heavy atom. The predicted molar refractivity (Wildman–Crippen MR) is 81.8 cm³/mol. The largest absolute Gasteiger partial charge is 0.454 e. The summed E-state index contributed by atoms with van der Waals surface area (Å²) in [5.74, 6) is 2.68.